The molecule has 20 heavy (non-hydrogen) atoms. The number of aryl methyl sites for hydroxylation is 2. The Morgan fingerprint density at radius 3 is 2.55 bits per heavy atom. The van der Waals surface area contributed by atoms with Gasteiger partial charge in [-0.05, 0) is 37.8 Å². The van der Waals surface area contributed by atoms with Gasteiger partial charge in [0, 0.05) is 0 Å². The predicted molar refractivity (Wildman–Crippen MR) is 83.9 cm³/mol. The van der Waals surface area contributed by atoms with Crippen LogP contribution in [0.3, 0.4) is 0 Å². The Bertz CT molecular complexity index is 595. The van der Waals surface area contributed by atoms with Crippen molar-refractivity contribution in [1.82, 2.24) is 0 Å². The highest BCUT2D eigenvalue weighted by atomic mass is 32.2. The first-order chi connectivity index (χ1) is 9.53. The molecule has 1 fully saturated rings. The van der Waals surface area contributed by atoms with Crippen LogP contribution in [0.2, 0.25) is 0 Å². The van der Waals surface area contributed by atoms with Gasteiger partial charge >= 0.3 is 0 Å². The van der Waals surface area contributed by atoms with Crippen molar-refractivity contribution in [2.24, 2.45) is 0 Å². The lowest BCUT2D eigenvalue weighted by molar-refractivity contribution is -0.106. The molecule has 0 atom stereocenters. The van der Waals surface area contributed by atoms with Gasteiger partial charge in [-0.15, -0.1) is 0 Å². The zero-order valence-electron chi connectivity index (χ0n) is 12.0. The fraction of sp³-hybridized carbons (Fsp3) is 0.471. The Balaban J connectivity index is 2.11. The molecule has 0 bridgehead atoms. The number of aliphatic hydroxyl groups is 1. The van der Waals surface area contributed by atoms with Crippen LogP contribution < -0.4 is 0 Å². The number of thioether (sulfide) groups is 1. The van der Waals surface area contributed by atoms with Gasteiger partial charge in [0.2, 0.25) is 5.12 Å². The smallest absolute Gasteiger partial charge is 0.224 e. The van der Waals surface area contributed by atoms with Gasteiger partial charge in [-0.25, -0.2) is 0 Å². The Labute approximate surface area is 124 Å². The van der Waals surface area contributed by atoms with Gasteiger partial charge in [0.15, 0.2) is 0 Å². The summed E-state index contributed by atoms with van der Waals surface area (Å²) >= 11 is 1.35. The summed E-state index contributed by atoms with van der Waals surface area (Å²) in [6.45, 7) is 4.02. The van der Waals surface area contributed by atoms with Crippen molar-refractivity contribution in [3.63, 3.8) is 0 Å². The van der Waals surface area contributed by atoms with Crippen LogP contribution in [0, 0.1) is 13.8 Å². The van der Waals surface area contributed by atoms with Crippen molar-refractivity contribution < 1.29 is 9.90 Å². The van der Waals surface area contributed by atoms with Gasteiger partial charge < -0.3 is 5.11 Å². The van der Waals surface area contributed by atoms with Crippen molar-refractivity contribution in [1.29, 1.82) is 0 Å². The van der Waals surface area contributed by atoms with Crippen molar-refractivity contribution in [2.45, 2.75) is 50.7 Å². The lowest BCUT2D eigenvalue weighted by Crippen LogP contribution is -2.28. The summed E-state index contributed by atoms with van der Waals surface area (Å²) in [4.78, 5) is 12.5. The summed E-state index contributed by atoms with van der Waals surface area (Å²) in [5, 5.41) is 10.8. The Morgan fingerprint density at radius 2 is 1.85 bits per heavy atom. The van der Waals surface area contributed by atoms with Gasteiger partial charge in [0.05, 0.1) is 10.3 Å². The molecule has 106 valence electrons. The lowest BCUT2D eigenvalue weighted by Gasteiger charge is -2.31. The zero-order chi connectivity index (χ0) is 14.3. The van der Waals surface area contributed by atoms with Crippen LogP contribution in [-0.4, -0.2) is 15.0 Å². The average molecular weight is 288 g/mol. The number of benzene rings is 1. The molecule has 3 heteroatoms. The maximum absolute atomic E-state index is 12.5. The first-order valence-electron chi connectivity index (χ1n) is 7.28. The summed E-state index contributed by atoms with van der Waals surface area (Å²) in [6.07, 6.45) is 5.25. The van der Waals surface area contributed by atoms with E-state index in [4.69, 9.17) is 0 Å². The van der Waals surface area contributed by atoms with Crippen LogP contribution >= 0.6 is 11.8 Å². The van der Waals surface area contributed by atoms with E-state index in [2.05, 4.69) is 0 Å². The highest BCUT2D eigenvalue weighted by Gasteiger charge is 2.47. The number of rotatable bonds is 1. The van der Waals surface area contributed by atoms with Crippen molar-refractivity contribution >= 4 is 22.5 Å². The summed E-state index contributed by atoms with van der Waals surface area (Å²) in [5.74, 6) is 0.334. The molecule has 1 aliphatic carbocycles. The molecular weight excluding hydrogens is 268 g/mol. The normalized spacial score (nSPS) is 21.8. The topological polar surface area (TPSA) is 37.3 Å². The molecule has 3 rings (SSSR count). The first kappa shape index (κ1) is 13.7. The van der Waals surface area contributed by atoms with Crippen LogP contribution in [0.5, 0.6) is 0 Å². The van der Waals surface area contributed by atoms with Crippen LogP contribution in [0.25, 0.3) is 5.57 Å². The van der Waals surface area contributed by atoms with Gasteiger partial charge in [-0.1, -0.05) is 54.8 Å². The van der Waals surface area contributed by atoms with E-state index in [9.17, 15) is 9.90 Å². The molecule has 1 N–H and O–H groups in total. The predicted octanol–water partition coefficient (Wildman–Crippen LogP) is 4.55. The van der Waals surface area contributed by atoms with Crippen molar-refractivity contribution in [3.05, 3.63) is 40.6 Å². The number of hydrogen-bond acceptors (Lipinski definition) is 3. The third-order valence-corrected chi connectivity index (χ3v) is 5.87. The molecule has 1 aromatic rings. The quantitative estimate of drug-likeness (QED) is 0.823. The minimum atomic E-state index is -0.332. The molecule has 1 aliphatic heterocycles. The van der Waals surface area contributed by atoms with E-state index in [1.165, 1.54) is 18.2 Å². The summed E-state index contributed by atoms with van der Waals surface area (Å²) in [5.41, 5.74) is 3.63. The van der Waals surface area contributed by atoms with Gasteiger partial charge in [-0.3, -0.25) is 4.79 Å². The number of carbonyl (C=O) groups excluding carboxylic acids is 1. The highest BCUT2D eigenvalue weighted by molar-refractivity contribution is 8.16. The molecule has 0 amide bonds. The third-order valence-electron chi connectivity index (χ3n) is 4.48. The molecule has 1 saturated carbocycles. The molecule has 1 spiro atoms. The van der Waals surface area contributed by atoms with E-state index in [1.807, 2.05) is 32.0 Å². The highest BCUT2D eigenvalue weighted by Crippen LogP contribution is 2.53. The van der Waals surface area contributed by atoms with Crippen LogP contribution in [0.15, 0.2) is 24.0 Å². The molecule has 0 aromatic heterocycles. The SMILES string of the molecule is Cc1ccc(C)c(C2=C(O)C3(CCCCC3)SC2=O)c1. The van der Waals surface area contributed by atoms with Crippen LogP contribution in [-0.2, 0) is 4.79 Å². The molecule has 2 aliphatic rings. The molecular formula is C17H20O2S. The summed E-state index contributed by atoms with van der Waals surface area (Å²) in [7, 11) is 0. The standard InChI is InChI=1S/C17H20O2S/c1-11-6-7-12(2)13(10-11)14-15(18)17(20-16(14)19)8-4-3-5-9-17/h6-7,10,18H,3-5,8-9H2,1-2H3. The number of hydrogen-bond donors (Lipinski definition) is 1. The Morgan fingerprint density at radius 1 is 1.15 bits per heavy atom. The largest absolute Gasteiger partial charge is 0.510 e. The number of carbonyl (C=O) groups is 1. The first-order valence-corrected chi connectivity index (χ1v) is 8.10. The number of aliphatic hydroxyl groups excluding tert-OH is 1. The maximum Gasteiger partial charge on any atom is 0.224 e. The van der Waals surface area contributed by atoms with E-state index < -0.39 is 0 Å². The van der Waals surface area contributed by atoms with Gasteiger partial charge in [0.25, 0.3) is 0 Å². The van der Waals surface area contributed by atoms with Gasteiger partial charge in [-0.2, -0.15) is 0 Å². The zero-order valence-corrected chi connectivity index (χ0v) is 12.8. The fourth-order valence-electron chi connectivity index (χ4n) is 3.31. The lowest BCUT2D eigenvalue weighted by atomic mass is 9.84. The molecule has 1 heterocycles. The summed E-state index contributed by atoms with van der Waals surface area (Å²) in [6, 6.07) is 6.08. The fourth-order valence-corrected chi connectivity index (χ4v) is 4.66. The Kier molecular flexibility index (Phi) is 3.41. The summed E-state index contributed by atoms with van der Waals surface area (Å²) < 4.78 is -0.332. The maximum atomic E-state index is 12.5. The minimum Gasteiger partial charge on any atom is -0.510 e. The van der Waals surface area contributed by atoms with E-state index in [0.717, 1.165) is 42.4 Å². The van der Waals surface area contributed by atoms with Crippen molar-refractivity contribution in [2.75, 3.05) is 0 Å². The van der Waals surface area contributed by atoms with E-state index >= 15 is 0 Å². The van der Waals surface area contributed by atoms with Gasteiger partial charge in [0.1, 0.15) is 5.76 Å². The van der Waals surface area contributed by atoms with E-state index in [1.54, 1.807) is 0 Å². The Hall–Kier alpha value is -1.22. The molecule has 0 unspecified atom stereocenters. The second kappa shape index (κ2) is 4.96. The van der Waals surface area contributed by atoms with Crippen molar-refractivity contribution in [3.8, 4) is 0 Å². The van der Waals surface area contributed by atoms with Crippen LogP contribution in [0.4, 0.5) is 0 Å². The van der Waals surface area contributed by atoms with E-state index in [-0.39, 0.29) is 9.86 Å². The second-order valence-corrected chi connectivity index (χ2v) is 7.34. The molecule has 0 radical (unpaired) electrons. The second-order valence-electron chi connectivity index (χ2n) is 5.99. The molecule has 1 aromatic carbocycles. The minimum absolute atomic E-state index is 0.0399. The average Bonchev–Trinajstić information content (AvgIpc) is 2.65. The monoisotopic (exact) mass is 288 g/mol. The van der Waals surface area contributed by atoms with Crippen LogP contribution in [0.1, 0.15) is 48.8 Å². The molecule has 2 nitrogen and oxygen atoms in total. The molecule has 0 saturated heterocycles. The van der Waals surface area contributed by atoms with E-state index in [0.29, 0.717) is 11.3 Å². The third kappa shape index (κ3) is 2.08.